The lowest BCUT2D eigenvalue weighted by molar-refractivity contribution is 0.0733. The molecular formula is C95H120N22O6. The van der Waals surface area contributed by atoms with Crippen LogP contribution < -0.4 is 37.9 Å². The molecule has 3 aromatic carbocycles. The van der Waals surface area contributed by atoms with Gasteiger partial charge in [0.05, 0.1) is 36.7 Å². The van der Waals surface area contributed by atoms with Crippen LogP contribution in [0.3, 0.4) is 0 Å². The molecule has 0 unspecified atom stereocenters. The van der Waals surface area contributed by atoms with Crippen molar-refractivity contribution in [3.8, 4) is 17.5 Å². The van der Waals surface area contributed by atoms with Gasteiger partial charge < -0.3 is 46.4 Å². The Morgan fingerprint density at radius 3 is 1.02 bits per heavy atom. The highest BCUT2D eigenvalue weighted by Crippen LogP contribution is 2.39. The van der Waals surface area contributed by atoms with Crippen LogP contribution in [-0.4, -0.2) is 174 Å². The average molecular weight is 1670 g/mol. The van der Waals surface area contributed by atoms with Crippen LogP contribution in [0.15, 0.2) is 198 Å². The number of piperazine rings is 1. The Morgan fingerprint density at radius 1 is 0.423 bits per heavy atom. The van der Waals surface area contributed by atoms with Gasteiger partial charge in [-0.05, 0) is 253 Å². The van der Waals surface area contributed by atoms with E-state index in [-0.39, 0.29) is 36.3 Å². The van der Waals surface area contributed by atoms with Gasteiger partial charge in [-0.2, -0.15) is 15.0 Å². The summed E-state index contributed by atoms with van der Waals surface area (Å²) in [7, 11) is 2.22. The second-order valence-electron chi connectivity index (χ2n) is 34.4. The van der Waals surface area contributed by atoms with Crippen LogP contribution >= 0.6 is 0 Å². The number of aliphatic hydroxyl groups is 3. The topological polar surface area (TPSA) is 315 Å². The van der Waals surface area contributed by atoms with Gasteiger partial charge in [0.2, 0.25) is 17.8 Å². The molecule has 9 aromatic heterocycles. The molecule has 1 saturated heterocycles. The van der Waals surface area contributed by atoms with E-state index in [1.165, 1.54) is 121 Å². The van der Waals surface area contributed by atoms with Crippen molar-refractivity contribution in [2.24, 2.45) is 0 Å². The van der Waals surface area contributed by atoms with Crippen molar-refractivity contribution in [3.63, 3.8) is 0 Å². The number of pyridine rings is 3. The van der Waals surface area contributed by atoms with E-state index in [0.717, 1.165) is 55.8 Å². The van der Waals surface area contributed by atoms with Gasteiger partial charge in [0.25, 0.3) is 16.7 Å². The molecule has 0 spiro atoms. The molecule has 646 valence electrons. The molecule has 0 bridgehead atoms. The van der Waals surface area contributed by atoms with E-state index in [1.807, 2.05) is 12.1 Å². The normalized spacial score (nSPS) is 18.6. The number of nitrogens with one attached hydrogen (secondary N) is 4. The summed E-state index contributed by atoms with van der Waals surface area (Å²) in [6, 6.07) is 43.8. The lowest BCUT2D eigenvalue weighted by atomic mass is 9.81. The van der Waals surface area contributed by atoms with Crippen LogP contribution in [0.1, 0.15) is 191 Å². The zero-order chi connectivity index (χ0) is 86.9. The standard InChI is InChI=1S/C32H40N8O2.C32H41N7O2.C31H39N7O2/c1-4-18-39-30(41)26-21-34-31(37-29(26)40(39)28-7-5-6-27(36-28)32(2,3)42)35-24-12-8-22(9-13-24)23-10-14-25(15-11-23)38-19-16-33-17-20-38;1-6-20-38-30(40)26-21-33-31(36-29(26)39(38)28-11-9-10-27(35-28)32(4,5)41)34-24-16-12-22(13-17-24)23-14-18-25(19-15-23)37(7-2)8-3;1-6-19-37-29(39)25-20-32-30(35-28(25)38(37)27-10-8-9-26(34-27)31(3,4)40)33-23-15-11-21(12-16-23)22-13-17-24(18-14-22)36(5)7-2/h4-9,12-13,21,23,25,33,42H,1,10-11,14-20H2,2-3H3,(H,34,35,37);6,9-13,16-17,21,23,25,41H,1,7-8,14-15,18-20H2,2-5H3,(H,33,34,36);6,8-12,15-16,20,22,24,40H,1,7,13-14,17-19H2,2-5H3,(H,32,33,35). The molecule has 123 heavy (non-hydrogen) atoms. The lowest BCUT2D eigenvalue weighted by Gasteiger charge is -2.39. The van der Waals surface area contributed by atoms with Crippen molar-refractivity contribution in [1.29, 1.82) is 0 Å². The molecule has 4 fully saturated rings. The molecule has 3 saturated carbocycles. The molecule has 0 radical (unpaired) electrons. The summed E-state index contributed by atoms with van der Waals surface area (Å²) in [5.41, 5.74) is 5.40. The third kappa shape index (κ3) is 20.1. The molecule has 28 nitrogen and oxygen atoms in total. The first-order chi connectivity index (χ1) is 59.2. The van der Waals surface area contributed by atoms with Crippen molar-refractivity contribution >= 4 is 68.0 Å². The third-order valence-corrected chi connectivity index (χ3v) is 24.8. The van der Waals surface area contributed by atoms with E-state index in [1.54, 1.807) is 135 Å². The van der Waals surface area contributed by atoms with Crippen LogP contribution in [0.5, 0.6) is 0 Å². The van der Waals surface area contributed by atoms with E-state index in [4.69, 9.17) is 15.0 Å². The largest absolute Gasteiger partial charge is 0.384 e. The minimum Gasteiger partial charge on any atom is -0.384 e. The number of nitrogens with zero attached hydrogens (tertiary/aromatic N) is 18. The number of hydrogen-bond donors (Lipinski definition) is 7. The molecule has 10 heterocycles. The predicted octanol–water partition coefficient (Wildman–Crippen LogP) is 14.7. The number of hydrogen-bond acceptors (Lipinski definition) is 22. The summed E-state index contributed by atoms with van der Waals surface area (Å²) >= 11 is 0. The maximum atomic E-state index is 13.3. The number of aromatic nitrogens is 15. The number of rotatable bonds is 27. The molecule has 7 N–H and O–H groups in total. The quantitative estimate of drug-likeness (QED) is 0.0235. The highest BCUT2D eigenvalue weighted by Gasteiger charge is 2.32. The Kier molecular flexibility index (Phi) is 27.5. The molecule has 1 aliphatic heterocycles. The molecular weight excluding hydrogens is 1550 g/mol. The molecule has 16 rings (SSSR count). The third-order valence-electron chi connectivity index (χ3n) is 24.8. The highest BCUT2D eigenvalue weighted by atomic mass is 16.3. The minimum absolute atomic E-state index is 0.233. The Labute approximate surface area is 719 Å². The van der Waals surface area contributed by atoms with E-state index in [2.05, 4.69) is 186 Å². The smallest absolute Gasteiger partial charge is 0.278 e. The number of benzene rings is 3. The van der Waals surface area contributed by atoms with Crippen molar-refractivity contribution in [3.05, 3.63) is 249 Å². The first-order valence-electron chi connectivity index (χ1n) is 43.6. The summed E-state index contributed by atoms with van der Waals surface area (Å²) in [6.45, 7) is 36.9. The van der Waals surface area contributed by atoms with Crippen LogP contribution in [0.2, 0.25) is 0 Å². The van der Waals surface area contributed by atoms with Crippen LogP contribution in [0.25, 0.3) is 50.6 Å². The molecule has 4 aliphatic rings. The zero-order valence-corrected chi connectivity index (χ0v) is 72.8. The van der Waals surface area contributed by atoms with Gasteiger partial charge in [-0.1, -0.05) is 93.6 Å². The minimum atomic E-state index is -1.14. The van der Waals surface area contributed by atoms with Crippen LogP contribution in [-0.2, 0) is 36.4 Å². The van der Waals surface area contributed by atoms with Gasteiger partial charge in [-0.15, -0.1) is 19.7 Å². The molecule has 0 amide bonds. The Balaban J connectivity index is 0.000000150. The maximum absolute atomic E-state index is 13.3. The van der Waals surface area contributed by atoms with Gasteiger partial charge in [0, 0.05) is 80.0 Å². The van der Waals surface area contributed by atoms with Crippen LogP contribution in [0.4, 0.5) is 34.9 Å². The molecule has 3 aliphatic carbocycles. The van der Waals surface area contributed by atoms with Gasteiger partial charge in [-0.25, -0.2) is 58.0 Å². The second-order valence-corrected chi connectivity index (χ2v) is 34.4. The summed E-state index contributed by atoms with van der Waals surface area (Å²) in [6.07, 6.45) is 24.4. The summed E-state index contributed by atoms with van der Waals surface area (Å²) in [5.74, 6) is 4.35. The highest BCUT2D eigenvalue weighted by molar-refractivity contribution is 5.79. The Hall–Kier alpha value is -11.5. The molecule has 28 heteroatoms. The number of allylic oxidation sites excluding steroid dienone is 3. The first kappa shape index (κ1) is 87.8. The summed E-state index contributed by atoms with van der Waals surface area (Å²) in [4.78, 5) is 89.0. The summed E-state index contributed by atoms with van der Waals surface area (Å²) in [5, 5.41) is 46.1. The zero-order valence-electron chi connectivity index (χ0n) is 72.8. The van der Waals surface area contributed by atoms with E-state index >= 15 is 0 Å². The van der Waals surface area contributed by atoms with E-state index in [0.29, 0.717) is 115 Å². The van der Waals surface area contributed by atoms with Crippen molar-refractivity contribution in [1.82, 2.24) is 93.0 Å². The first-order valence-corrected chi connectivity index (χ1v) is 43.6. The SMILES string of the molecule is C=CCn1c(=O)c2cnc(Nc3ccc(C4CCC(N(C)CC)CC4)cc3)nc2n1-c1cccc(C(C)(C)O)n1.C=CCn1c(=O)c2cnc(Nc3ccc(C4CCC(N(CC)CC)CC4)cc3)nc2n1-c1cccc(C(C)(C)O)n1.C=CCn1c(=O)c2cnc(Nc3ccc(C4CCC(N5CCNCC5)CC4)cc3)nc2n1-c1cccc(C(C)(C)O)n1. The average Bonchev–Trinajstić information content (AvgIpc) is 1.62. The molecule has 12 aromatic rings. The fourth-order valence-corrected chi connectivity index (χ4v) is 17.8. The monoisotopic (exact) mass is 1660 g/mol. The van der Waals surface area contributed by atoms with Crippen molar-refractivity contribution in [2.75, 3.05) is 68.8 Å². The van der Waals surface area contributed by atoms with Crippen molar-refractivity contribution in [2.45, 2.75) is 212 Å². The van der Waals surface area contributed by atoms with Gasteiger partial charge in [0.15, 0.2) is 34.4 Å². The maximum Gasteiger partial charge on any atom is 0.278 e. The summed E-state index contributed by atoms with van der Waals surface area (Å²) < 4.78 is 9.57. The van der Waals surface area contributed by atoms with Gasteiger partial charge >= 0.3 is 0 Å². The second kappa shape index (κ2) is 38.5. The van der Waals surface area contributed by atoms with Crippen LogP contribution in [0, 0.1) is 0 Å². The van der Waals surface area contributed by atoms with E-state index in [9.17, 15) is 29.7 Å². The van der Waals surface area contributed by atoms with Gasteiger partial charge in [-0.3, -0.25) is 19.3 Å². The Bertz CT molecular complexity index is 5830. The predicted molar refractivity (Wildman–Crippen MR) is 489 cm³/mol. The van der Waals surface area contributed by atoms with E-state index < -0.39 is 16.8 Å². The van der Waals surface area contributed by atoms with Gasteiger partial charge in [0.1, 0.15) is 33.0 Å². The van der Waals surface area contributed by atoms with Crippen molar-refractivity contribution < 1.29 is 15.3 Å². The fraction of sp³-hybridized carbons (Fsp3) is 0.432. The number of anilines is 6. The number of fused-ring (bicyclic) bond motifs is 3. The molecule has 0 atom stereocenters. The Morgan fingerprint density at radius 2 is 0.732 bits per heavy atom. The fourth-order valence-electron chi connectivity index (χ4n) is 17.8. The lowest BCUT2D eigenvalue weighted by Crippen LogP contribution is -2.49.